The van der Waals surface area contributed by atoms with Crippen molar-refractivity contribution < 1.29 is 13.2 Å². The third-order valence-corrected chi connectivity index (χ3v) is 5.68. The fourth-order valence-corrected chi connectivity index (χ4v) is 4.02. The van der Waals surface area contributed by atoms with Crippen molar-refractivity contribution in [3.8, 4) is 0 Å². The van der Waals surface area contributed by atoms with Gasteiger partial charge in [0.1, 0.15) is 0 Å². The molecule has 0 spiro atoms. The minimum Gasteiger partial charge on any atom is -0.343 e. The molecule has 0 bridgehead atoms. The molecule has 0 aromatic heterocycles. The van der Waals surface area contributed by atoms with E-state index in [-0.39, 0.29) is 0 Å². The molecule has 0 saturated carbocycles. The number of rotatable bonds is 5. The van der Waals surface area contributed by atoms with Crippen molar-refractivity contribution in [1.82, 2.24) is 9.21 Å². The maximum Gasteiger partial charge on any atom is 0.243 e. The lowest BCUT2D eigenvalue weighted by Gasteiger charge is -2.31. The minimum absolute atomic E-state index is 0.315. The number of amides is 1. The van der Waals surface area contributed by atoms with Crippen molar-refractivity contribution >= 4 is 32.4 Å². The summed E-state index contributed by atoms with van der Waals surface area (Å²) in [6, 6.07) is 6.99. The van der Waals surface area contributed by atoms with Gasteiger partial charge in [-0.3, -0.25) is 4.79 Å². The van der Waals surface area contributed by atoms with Crippen LogP contribution in [-0.2, 0) is 21.2 Å². The van der Waals surface area contributed by atoms with Gasteiger partial charge in [-0.25, -0.2) is 8.42 Å². The molecule has 0 radical (unpaired) electrons. The van der Waals surface area contributed by atoms with Crippen molar-refractivity contribution in [1.29, 1.82) is 0 Å². The largest absolute Gasteiger partial charge is 0.343 e. The van der Waals surface area contributed by atoms with Crippen LogP contribution >= 0.6 is 15.9 Å². The summed E-state index contributed by atoms with van der Waals surface area (Å²) in [5.74, 6) is 0. The van der Waals surface area contributed by atoms with E-state index in [0.29, 0.717) is 31.1 Å². The summed E-state index contributed by atoms with van der Waals surface area (Å²) < 4.78 is 26.4. The topological polar surface area (TPSA) is 57.7 Å². The zero-order chi connectivity index (χ0) is 14.6. The number of halogens is 1. The first-order valence-electron chi connectivity index (χ1n) is 6.42. The maximum atomic E-state index is 12.5. The average molecular weight is 361 g/mol. The molecule has 0 unspecified atom stereocenters. The van der Waals surface area contributed by atoms with Crippen molar-refractivity contribution in [2.75, 3.05) is 31.5 Å². The molecular formula is C13H17BrN2O3S. The Bertz CT molecular complexity index is 551. The molecule has 20 heavy (non-hydrogen) atoms. The molecule has 1 aromatic carbocycles. The van der Waals surface area contributed by atoms with E-state index >= 15 is 0 Å². The molecule has 1 heterocycles. The van der Waals surface area contributed by atoms with E-state index in [1.54, 1.807) is 17.0 Å². The second-order valence-corrected chi connectivity index (χ2v) is 7.36. The molecular weight excluding hydrogens is 344 g/mol. The summed E-state index contributed by atoms with van der Waals surface area (Å²) >= 11 is 3.36. The standard InChI is InChI=1S/C13H17BrN2O3S/c14-6-5-12-1-3-13(4-2-12)20(18,19)16-9-7-15(11-17)8-10-16/h1-4,11H,5-10H2. The first-order chi connectivity index (χ1) is 9.57. The number of aryl methyl sites for hydroxylation is 1. The number of piperazine rings is 1. The van der Waals surface area contributed by atoms with Crippen molar-refractivity contribution in [2.45, 2.75) is 11.3 Å². The number of carbonyl (C=O) groups is 1. The number of alkyl halides is 1. The molecule has 1 aromatic rings. The molecule has 1 fully saturated rings. The summed E-state index contributed by atoms with van der Waals surface area (Å²) in [5, 5.41) is 0.854. The van der Waals surface area contributed by atoms with Crippen LogP contribution in [-0.4, -0.2) is 55.5 Å². The first-order valence-corrected chi connectivity index (χ1v) is 8.98. The number of hydrogen-bond acceptors (Lipinski definition) is 3. The van der Waals surface area contributed by atoms with Gasteiger partial charge in [-0.15, -0.1) is 0 Å². The zero-order valence-corrected chi connectivity index (χ0v) is 13.4. The molecule has 7 heteroatoms. The Hall–Kier alpha value is -0.920. The van der Waals surface area contributed by atoms with Crippen molar-refractivity contribution in [3.05, 3.63) is 29.8 Å². The van der Waals surface area contributed by atoms with E-state index in [1.807, 2.05) is 12.1 Å². The second kappa shape index (κ2) is 6.69. The van der Waals surface area contributed by atoms with Crippen LogP contribution in [0.5, 0.6) is 0 Å². The summed E-state index contributed by atoms with van der Waals surface area (Å²) in [5.41, 5.74) is 1.10. The van der Waals surface area contributed by atoms with Gasteiger partial charge in [0.2, 0.25) is 16.4 Å². The van der Waals surface area contributed by atoms with E-state index in [0.717, 1.165) is 23.7 Å². The SMILES string of the molecule is O=CN1CCN(S(=O)(=O)c2ccc(CCBr)cc2)CC1. The van der Waals surface area contributed by atoms with E-state index in [1.165, 1.54) is 4.31 Å². The molecule has 0 aliphatic carbocycles. The molecule has 1 saturated heterocycles. The van der Waals surface area contributed by atoms with Crippen LogP contribution in [0.2, 0.25) is 0 Å². The lowest BCUT2D eigenvalue weighted by atomic mass is 10.2. The lowest BCUT2D eigenvalue weighted by molar-refractivity contribution is -0.119. The molecule has 110 valence electrons. The molecule has 5 nitrogen and oxygen atoms in total. The van der Waals surface area contributed by atoms with E-state index < -0.39 is 10.0 Å². The Morgan fingerprint density at radius 2 is 1.70 bits per heavy atom. The predicted molar refractivity (Wildman–Crippen MR) is 80.3 cm³/mol. The normalized spacial score (nSPS) is 17.1. The van der Waals surface area contributed by atoms with E-state index in [9.17, 15) is 13.2 Å². The van der Waals surface area contributed by atoms with Gasteiger partial charge in [-0.2, -0.15) is 4.31 Å². The van der Waals surface area contributed by atoms with Gasteiger partial charge in [-0.1, -0.05) is 28.1 Å². The quantitative estimate of drug-likeness (QED) is 0.583. The van der Waals surface area contributed by atoms with Crippen LogP contribution in [0.25, 0.3) is 0 Å². The summed E-state index contributed by atoms with van der Waals surface area (Å²) in [7, 11) is -3.45. The van der Waals surface area contributed by atoms with Gasteiger partial charge < -0.3 is 4.90 Å². The third kappa shape index (κ3) is 3.39. The number of sulfonamides is 1. The number of hydrogen-bond donors (Lipinski definition) is 0. The summed E-state index contributed by atoms with van der Waals surface area (Å²) in [6.45, 7) is 1.60. The van der Waals surface area contributed by atoms with Crippen LogP contribution in [0.4, 0.5) is 0 Å². The Labute approximate surface area is 127 Å². The first kappa shape index (κ1) is 15.5. The summed E-state index contributed by atoms with van der Waals surface area (Å²) in [4.78, 5) is 12.5. The van der Waals surface area contributed by atoms with Gasteiger partial charge in [0, 0.05) is 31.5 Å². The Balaban J connectivity index is 2.12. The molecule has 1 aliphatic heterocycles. The van der Waals surface area contributed by atoms with Crippen molar-refractivity contribution in [2.24, 2.45) is 0 Å². The smallest absolute Gasteiger partial charge is 0.243 e. The third-order valence-electron chi connectivity index (χ3n) is 3.37. The average Bonchev–Trinajstić information content (AvgIpc) is 2.48. The highest BCUT2D eigenvalue weighted by molar-refractivity contribution is 9.09. The van der Waals surface area contributed by atoms with Gasteiger partial charge >= 0.3 is 0 Å². The molecule has 1 amide bonds. The fourth-order valence-electron chi connectivity index (χ4n) is 2.14. The number of benzene rings is 1. The molecule has 0 N–H and O–H groups in total. The zero-order valence-electron chi connectivity index (χ0n) is 11.0. The van der Waals surface area contributed by atoms with Gasteiger partial charge in [0.05, 0.1) is 4.90 Å². The minimum atomic E-state index is -3.45. The monoisotopic (exact) mass is 360 g/mol. The van der Waals surface area contributed by atoms with Gasteiger partial charge in [-0.05, 0) is 24.1 Å². The molecule has 2 rings (SSSR count). The highest BCUT2D eigenvalue weighted by Crippen LogP contribution is 2.18. The fraction of sp³-hybridized carbons (Fsp3) is 0.462. The summed E-state index contributed by atoms with van der Waals surface area (Å²) in [6.07, 6.45) is 1.64. The van der Waals surface area contributed by atoms with Crippen LogP contribution in [0.15, 0.2) is 29.2 Å². The van der Waals surface area contributed by atoms with Crippen LogP contribution < -0.4 is 0 Å². The van der Waals surface area contributed by atoms with E-state index in [4.69, 9.17) is 0 Å². The molecule has 0 atom stereocenters. The predicted octanol–water partition coefficient (Wildman–Crippen LogP) is 1.09. The molecule has 1 aliphatic rings. The lowest BCUT2D eigenvalue weighted by Crippen LogP contribution is -2.47. The highest BCUT2D eigenvalue weighted by Gasteiger charge is 2.27. The van der Waals surface area contributed by atoms with E-state index in [2.05, 4.69) is 15.9 Å². The van der Waals surface area contributed by atoms with Crippen molar-refractivity contribution in [3.63, 3.8) is 0 Å². The number of carbonyl (C=O) groups excluding carboxylic acids is 1. The van der Waals surface area contributed by atoms with Crippen LogP contribution in [0.3, 0.4) is 0 Å². The Morgan fingerprint density at radius 1 is 1.10 bits per heavy atom. The highest BCUT2D eigenvalue weighted by atomic mass is 79.9. The van der Waals surface area contributed by atoms with Gasteiger partial charge in [0.25, 0.3) is 0 Å². The number of nitrogens with zero attached hydrogens (tertiary/aromatic N) is 2. The Kier molecular flexibility index (Phi) is 5.17. The van der Waals surface area contributed by atoms with Gasteiger partial charge in [0.15, 0.2) is 0 Å². The van der Waals surface area contributed by atoms with Crippen LogP contribution in [0, 0.1) is 0 Å². The second-order valence-electron chi connectivity index (χ2n) is 4.63. The maximum absolute atomic E-state index is 12.5. The Morgan fingerprint density at radius 3 is 2.20 bits per heavy atom. The van der Waals surface area contributed by atoms with Crippen LogP contribution in [0.1, 0.15) is 5.56 Å².